The van der Waals surface area contributed by atoms with E-state index in [4.69, 9.17) is 10.5 Å². The lowest BCUT2D eigenvalue weighted by atomic mass is 10.0. The Labute approximate surface area is 158 Å². The van der Waals surface area contributed by atoms with Crippen LogP contribution >= 0.6 is 0 Å². The summed E-state index contributed by atoms with van der Waals surface area (Å²) >= 11 is 0. The van der Waals surface area contributed by atoms with E-state index in [1.807, 2.05) is 4.90 Å². The third-order valence-corrected chi connectivity index (χ3v) is 5.25. The van der Waals surface area contributed by atoms with Crippen molar-refractivity contribution in [3.8, 4) is 28.4 Å². The van der Waals surface area contributed by atoms with E-state index in [9.17, 15) is 14.7 Å². The lowest BCUT2D eigenvalue weighted by Gasteiger charge is -2.32. The maximum Gasteiger partial charge on any atom is 0.339 e. The first-order valence-electron chi connectivity index (χ1n) is 8.89. The number of rotatable bonds is 2. The van der Waals surface area contributed by atoms with Gasteiger partial charge in [0.15, 0.2) is 23.1 Å². The number of anilines is 1. The molecule has 4 aliphatic rings. The van der Waals surface area contributed by atoms with Gasteiger partial charge in [0.2, 0.25) is 5.43 Å². The summed E-state index contributed by atoms with van der Waals surface area (Å²) in [5.74, 6) is -1.04. The lowest BCUT2D eigenvalue weighted by molar-refractivity contribution is 0.0695. The largest absolute Gasteiger partial charge is 0.478 e. The first-order valence-corrected chi connectivity index (χ1v) is 8.89. The molecule has 1 unspecified atom stereocenters. The third-order valence-electron chi connectivity index (χ3n) is 5.25. The van der Waals surface area contributed by atoms with Crippen molar-refractivity contribution in [1.29, 1.82) is 0 Å². The van der Waals surface area contributed by atoms with E-state index in [1.165, 1.54) is 6.07 Å². The number of para-hydroxylation sites is 2. The van der Waals surface area contributed by atoms with Gasteiger partial charge in [0.25, 0.3) is 0 Å². The highest BCUT2D eigenvalue weighted by Crippen LogP contribution is 2.46. The zero-order valence-corrected chi connectivity index (χ0v) is 14.7. The van der Waals surface area contributed by atoms with Gasteiger partial charge in [-0.3, -0.25) is 9.36 Å². The summed E-state index contributed by atoms with van der Waals surface area (Å²) in [7, 11) is 0. The molecule has 3 aliphatic heterocycles. The molecule has 1 fully saturated rings. The van der Waals surface area contributed by atoms with E-state index < -0.39 is 22.8 Å². The monoisotopic (exact) mass is 381 g/mol. The first kappa shape index (κ1) is 16.8. The number of aromatic carboxylic acids is 1. The second kappa shape index (κ2) is 5.80. The fourth-order valence-electron chi connectivity index (χ4n) is 4.01. The maximum absolute atomic E-state index is 15.3. The fraction of sp³-hybridized carbons (Fsp3) is 0.200. The van der Waals surface area contributed by atoms with Gasteiger partial charge in [-0.05, 0) is 24.6 Å². The smallest absolute Gasteiger partial charge is 0.339 e. The normalized spacial score (nSPS) is 17.5. The Balaban J connectivity index is 1.92. The van der Waals surface area contributed by atoms with Crippen LogP contribution in [0.1, 0.15) is 16.8 Å². The van der Waals surface area contributed by atoms with E-state index in [0.717, 1.165) is 12.5 Å². The minimum Gasteiger partial charge on any atom is -0.478 e. The molecule has 0 saturated carbocycles. The molecule has 8 heteroatoms. The summed E-state index contributed by atoms with van der Waals surface area (Å²) in [6.45, 7) is 1.07. The molecule has 1 saturated heterocycles. The number of carbonyl (C=O) groups is 1. The van der Waals surface area contributed by atoms with Gasteiger partial charge < -0.3 is 20.5 Å². The van der Waals surface area contributed by atoms with Gasteiger partial charge in [-0.15, -0.1) is 0 Å². The number of aromatic nitrogens is 1. The van der Waals surface area contributed by atoms with Crippen molar-refractivity contribution in [2.24, 2.45) is 5.73 Å². The third kappa shape index (κ3) is 2.24. The van der Waals surface area contributed by atoms with Gasteiger partial charge in [-0.25, -0.2) is 9.18 Å². The Bertz CT molecular complexity index is 1170. The number of carboxylic acid groups (broad SMARTS) is 1. The molecule has 0 aromatic heterocycles. The van der Waals surface area contributed by atoms with Crippen molar-refractivity contribution >= 4 is 11.8 Å². The van der Waals surface area contributed by atoms with Crippen LogP contribution in [0, 0.1) is 5.82 Å². The van der Waals surface area contributed by atoms with E-state index in [0.29, 0.717) is 36.0 Å². The molecular weight excluding hydrogens is 365 g/mol. The number of hydrogen-bond donors (Lipinski definition) is 2. The van der Waals surface area contributed by atoms with Crippen molar-refractivity contribution in [1.82, 2.24) is 4.57 Å². The standard InChI is InChI=1S/C20H16FN3O4/c21-13-7-11-17-16(8-12(18(11)25)20(26)27)28-15-4-2-1-3-14(15)24(17)19(13)23-6-5-10(22)9-23/h1-4,7-8,10H,5-6,9,22H2,(H,26,27). The first-order chi connectivity index (χ1) is 13.5. The van der Waals surface area contributed by atoms with E-state index in [2.05, 4.69) is 0 Å². The summed E-state index contributed by atoms with van der Waals surface area (Å²) in [5, 5.41) is 9.38. The number of nitrogens with zero attached hydrogens (tertiary/aromatic N) is 2. The molecule has 1 aliphatic carbocycles. The predicted octanol–water partition coefficient (Wildman–Crippen LogP) is 2.42. The number of nitrogens with two attached hydrogens (primary N) is 1. The molecule has 7 nitrogen and oxygen atoms in total. The SMILES string of the molecule is NC1CCN(c2c(F)cc3c(=O)c(C(=O)O)cc4c-3n2-c2ccccc2O4)C1. The molecule has 0 amide bonds. The van der Waals surface area contributed by atoms with Crippen LogP contribution in [0.5, 0.6) is 11.5 Å². The van der Waals surface area contributed by atoms with Gasteiger partial charge in [-0.1, -0.05) is 12.1 Å². The molecule has 28 heavy (non-hydrogen) atoms. The number of halogens is 1. The van der Waals surface area contributed by atoms with Crippen molar-refractivity contribution in [2.45, 2.75) is 12.5 Å². The van der Waals surface area contributed by atoms with Crippen molar-refractivity contribution in [3.05, 3.63) is 58.0 Å². The molecular formula is C20H16FN3O4. The highest BCUT2D eigenvalue weighted by atomic mass is 19.1. The van der Waals surface area contributed by atoms with Crippen LogP contribution in [0.4, 0.5) is 10.2 Å². The quantitative estimate of drug-likeness (QED) is 0.553. The van der Waals surface area contributed by atoms with Gasteiger partial charge in [0.05, 0.1) is 11.3 Å². The van der Waals surface area contributed by atoms with E-state index in [-0.39, 0.29) is 17.4 Å². The Morgan fingerprint density at radius 1 is 1.25 bits per heavy atom. The molecule has 0 radical (unpaired) electrons. The van der Waals surface area contributed by atoms with Crippen LogP contribution in [-0.2, 0) is 0 Å². The topological polar surface area (TPSA) is 97.8 Å². The molecule has 1 atom stereocenters. The van der Waals surface area contributed by atoms with E-state index in [1.54, 1.807) is 28.8 Å². The zero-order valence-electron chi connectivity index (χ0n) is 14.7. The molecule has 1 aromatic rings. The van der Waals surface area contributed by atoms with Crippen LogP contribution in [0.3, 0.4) is 0 Å². The Morgan fingerprint density at radius 2 is 2.04 bits per heavy atom. The van der Waals surface area contributed by atoms with Crippen LogP contribution in [0.15, 0.2) is 41.2 Å². The second-order valence-electron chi connectivity index (χ2n) is 7.03. The van der Waals surface area contributed by atoms with Gasteiger partial charge in [0, 0.05) is 25.2 Å². The molecule has 0 spiro atoms. The summed E-state index contributed by atoms with van der Waals surface area (Å²) in [5.41, 5.74) is 5.72. The minimum atomic E-state index is -1.38. The lowest BCUT2D eigenvalue weighted by Crippen LogP contribution is -2.31. The summed E-state index contributed by atoms with van der Waals surface area (Å²) in [6, 6.07) is 9.28. The number of carboxylic acids is 1. The Hall–Kier alpha value is -3.39. The zero-order chi connectivity index (χ0) is 19.6. The molecule has 1 aromatic carbocycles. The summed E-state index contributed by atoms with van der Waals surface area (Å²) in [6.07, 6.45) is 0.729. The average molecular weight is 381 g/mol. The number of benzene rings is 2. The minimum absolute atomic E-state index is 0.0332. The Morgan fingerprint density at radius 3 is 2.75 bits per heavy atom. The molecule has 142 valence electrons. The summed E-state index contributed by atoms with van der Waals surface area (Å²) < 4.78 is 22.8. The number of ether oxygens (including phenoxy) is 1. The number of pyridine rings is 1. The van der Waals surface area contributed by atoms with Crippen LogP contribution in [0.25, 0.3) is 16.9 Å². The molecule has 0 bridgehead atoms. The molecule has 3 N–H and O–H groups in total. The predicted molar refractivity (Wildman–Crippen MR) is 100 cm³/mol. The van der Waals surface area contributed by atoms with Gasteiger partial charge in [0.1, 0.15) is 11.3 Å². The van der Waals surface area contributed by atoms with Crippen LogP contribution in [0.2, 0.25) is 0 Å². The van der Waals surface area contributed by atoms with Crippen LogP contribution < -0.4 is 20.8 Å². The highest BCUT2D eigenvalue weighted by Gasteiger charge is 2.34. The van der Waals surface area contributed by atoms with Crippen molar-refractivity contribution in [3.63, 3.8) is 0 Å². The van der Waals surface area contributed by atoms with Crippen LogP contribution in [-0.4, -0.2) is 34.8 Å². The highest BCUT2D eigenvalue weighted by molar-refractivity contribution is 5.92. The summed E-state index contributed by atoms with van der Waals surface area (Å²) in [4.78, 5) is 26.1. The van der Waals surface area contributed by atoms with Gasteiger partial charge in [-0.2, -0.15) is 0 Å². The second-order valence-corrected chi connectivity index (χ2v) is 7.03. The number of hydrogen-bond acceptors (Lipinski definition) is 5. The van der Waals surface area contributed by atoms with Gasteiger partial charge >= 0.3 is 5.97 Å². The van der Waals surface area contributed by atoms with Crippen molar-refractivity contribution in [2.75, 3.05) is 18.0 Å². The number of fused-ring (bicyclic) bond motifs is 2. The maximum atomic E-state index is 15.3. The van der Waals surface area contributed by atoms with Crippen molar-refractivity contribution < 1.29 is 19.0 Å². The molecule has 5 rings (SSSR count). The van der Waals surface area contributed by atoms with E-state index >= 15 is 4.39 Å². The average Bonchev–Trinajstić information content (AvgIpc) is 3.09. The fourth-order valence-corrected chi connectivity index (χ4v) is 4.01. The molecule has 3 heterocycles. The Kier molecular flexibility index (Phi) is 3.47.